The van der Waals surface area contributed by atoms with E-state index in [1.807, 2.05) is 0 Å². The number of anilines is 1. The molecule has 0 aliphatic carbocycles. The fraction of sp³-hybridized carbons (Fsp3) is 0.222. The van der Waals surface area contributed by atoms with Gasteiger partial charge in [-0.15, -0.1) is 0 Å². The Bertz CT molecular complexity index is 341. The lowest BCUT2D eigenvalue weighted by Crippen LogP contribution is -2.07. The summed E-state index contributed by atoms with van der Waals surface area (Å²) in [5.74, 6) is -0.442. The highest BCUT2D eigenvalue weighted by atomic mass is 19.1. The molecule has 1 aromatic carbocycles. The fourth-order valence-corrected chi connectivity index (χ4v) is 1.02. The molecule has 0 aliphatic heterocycles. The maximum Gasteiger partial charge on any atom is 0.340 e. The highest BCUT2D eigenvalue weighted by molar-refractivity contribution is 5.96. The first kappa shape index (κ1) is 10.3. The summed E-state index contributed by atoms with van der Waals surface area (Å²) in [5, 5.41) is 0. The van der Waals surface area contributed by atoms with Gasteiger partial charge >= 0.3 is 5.97 Å². The molecule has 0 radical (unpaired) electrons. The van der Waals surface area contributed by atoms with Crippen molar-refractivity contribution in [1.29, 1.82) is 0 Å². The lowest BCUT2D eigenvalue weighted by molar-refractivity contribution is 0.0601. The molecule has 0 saturated carbocycles. The molecule has 2 N–H and O–H groups in total. The van der Waals surface area contributed by atoms with E-state index in [-0.39, 0.29) is 17.0 Å². The van der Waals surface area contributed by atoms with Crippen molar-refractivity contribution >= 4 is 11.7 Å². The number of carbonyl (C=O) groups excluding carboxylic acids is 1. The van der Waals surface area contributed by atoms with Gasteiger partial charge in [0, 0.05) is 0 Å². The second-order valence-corrected chi connectivity index (χ2v) is 2.46. The molecule has 76 valence electrons. The van der Waals surface area contributed by atoms with Gasteiger partial charge in [-0.3, -0.25) is 0 Å². The van der Waals surface area contributed by atoms with Crippen LogP contribution in [0.3, 0.4) is 0 Å². The summed E-state index contributed by atoms with van der Waals surface area (Å²) < 4.78 is 20.9. The fourth-order valence-electron chi connectivity index (χ4n) is 1.02. The molecule has 0 fully saturated rings. The number of alkyl halides is 1. The standard InChI is InChI=1S/C9H10FNO3/c1-13-9(12)6-3-2-4-7(8(6)11)14-5-10/h2-4H,5,11H2,1H3. The molecule has 0 spiro atoms. The Morgan fingerprint density at radius 3 is 2.86 bits per heavy atom. The minimum Gasteiger partial charge on any atom is -0.465 e. The highest BCUT2D eigenvalue weighted by Crippen LogP contribution is 2.25. The quantitative estimate of drug-likeness (QED) is 0.589. The maximum atomic E-state index is 11.9. The van der Waals surface area contributed by atoms with Gasteiger partial charge in [-0.05, 0) is 12.1 Å². The van der Waals surface area contributed by atoms with Crippen LogP contribution in [0.1, 0.15) is 10.4 Å². The molecule has 0 atom stereocenters. The number of esters is 1. The van der Waals surface area contributed by atoms with E-state index in [1.54, 1.807) is 0 Å². The lowest BCUT2D eigenvalue weighted by atomic mass is 10.1. The summed E-state index contributed by atoms with van der Waals surface area (Å²) in [6.45, 7) is -0.991. The number of para-hydroxylation sites is 1. The Morgan fingerprint density at radius 1 is 1.57 bits per heavy atom. The minimum atomic E-state index is -0.991. The molecular weight excluding hydrogens is 189 g/mol. The van der Waals surface area contributed by atoms with Crippen LogP contribution in [0, 0.1) is 0 Å². The third-order valence-electron chi connectivity index (χ3n) is 1.68. The summed E-state index contributed by atoms with van der Waals surface area (Å²) in [6.07, 6.45) is 0. The number of methoxy groups -OCH3 is 1. The Morgan fingerprint density at radius 2 is 2.29 bits per heavy atom. The number of hydrogen-bond acceptors (Lipinski definition) is 4. The molecule has 1 rings (SSSR count). The summed E-state index contributed by atoms with van der Waals surface area (Å²) in [5.41, 5.74) is 5.80. The van der Waals surface area contributed by atoms with Crippen LogP contribution in [0.2, 0.25) is 0 Å². The van der Waals surface area contributed by atoms with Gasteiger partial charge in [0.25, 0.3) is 0 Å². The third kappa shape index (κ3) is 1.93. The summed E-state index contributed by atoms with van der Waals surface area (Å²) in [7, 11) is 1.24. The largest absolute Gasteiger partial charge is 0.465 e. The van der Waals surface area contributed by atoms with Gasteiger partial charge < -0.3 is 15.2 Å². The van der Waals surface area contributed by atoms with Crippen LogP contribution in [0.25, 0.3) is 0 Å². The van der Waals surface area contributed by atoms with Gasteiger partial charge in [-0.1, -0.05) is 6.07 Å². The zero-order chi connectivity index (χ0) is 10.6. The van der Waals surface area contributed by atoms with Crippen molar-refractivity contribution in [1.82, 2.24) is 0 Å². The molecule has 0 unspecified atom stereocenters. The molecule has 14 heavy (non-hydrogen) atoms. The van der Waals surface area contributed by atoms with E-state index >= 15 is 0 Å². The number of halogens is 1. The number of ether oxygens (including phenoxy) is 2. The van der Waals surface area contributed by atoms with Crippen LogP contribution >= 0.6 is 0 Å². The zero-order valence-electron chi connectivity index (χ0n) is 7.62. The van der Waals surface area contributed by atoms with Crippen molar-refractivity contribution in [2.75, 3.05) is 19.7 Å². The normalized spacial score (nSPS) is 9.57. The van der Waals surface area contributed by atoms with Gasteiger partial charge in [0.15, 0.2) is 0 Å². The highest BCUT2D eigenvalue weighted by Gasteiger charge is 2.13. The zero-order valence-corrected chi connectivity index (χ0v) is 7.62. The SMILES string of the molecule is COC(=O)c1cccc(OCF)c1N. The van der Waals surface area contributed by atoms with Crippen LogP contribution < -0.4 is 10.5 Å². The van der Waals surface area contributed by atoms with Gasteiger partial charge in [0.1, 0.15) is 5.75 Å². The first-order chi connectivity index (χ1) is 6.70. The van der Waals surface area contributed by atoms with Gasteiger partial charge in [-0.25, -0.2) is 9.18 Å². The van der Waals surface area contributed by atoms with Crippen LogP contribution in [0.15, 0.2) is 18.2 Å². The van der Waals surface area contributed by atoms with E-state index in [0.717, 1.165) is 0 Å². The topological polar surface area (TPSA) is 61.5 Å². The molecule has 0 bridgehead atoms. The Balaban J connectivity index is 3.07. The predicted molar refractivity (Wildman–Crippen MR) is 48.8 cm³/mol. The Hall–Kier alpha value is -1.78. The molecule has 0 aromatic heterocycles. The molecular formula is C9H10FNO3. The number of rotatable bonds is 3. The monoisotopic (exact) mass is 199 g/mol. The minimum absolute atomic E-state index is 0.0806. The van der Waals surface area contributed by atoms with Crippen LogP contribution in [-0.2, 0) is 4.74 Å². The number of nitrogen functional groups attached to an aromatic ring is 1. The van der Waals surface area contributed by atoms with Crippen molar-refractivity contribution in [2.45, 2.75) is 0 Å². The van der Waals surface area contributed by atoms with E-state index < -0.39 is 12.8 Å². The van der Waals surface area contributed by atoms with Crippen molar-refractivity contribution in [3.05, 3.63) is 23.8 Å². The predicted octanol–water partition coefficient (Wildman–Crippen LogP) is 1.36. The smallest absolute Gasteiger partial charge is 0.340 e. The van der Waals surface area contributed by atoms with Crippen LogP contribution in [0.5, 0.6) is 5.75 Å². The second-order valence-electron chi connectivity index (χ2n) is 2.46. The van der Waals surface area contributed by atoms with E-state index in [4.69, 9.17) is 5.73 Å². The van der Waals surface area contributed by atoms with Crippen LogP contribution in [0.4, 0.5) is 10.1 Å². The Labute approximate surface area is 80.4 Å². The number of carbonyl (C=O) groups is 1. The summed E-state index contributed by atoms with van der Waals surface area (Å²) >= 11 is 0. The van der Waals surface area contributed by atoms with Crippen molar-refractivity contribution in [2.24, 2.45) is 0 Å². The summed E-state index contributed by atoms with van der Waals surface area (Å²) in [6, 6.07) is 4.49. The van der Waals surface area contributed by atoms with Crippen molar-refractivity contribution in [3.63, 3.8) is 0 Å². The molecule has 0 aliphatic rings. The number of benzene rings is 1. The van der Waals surface area contributed by atoms with E-state index in [0.29, 0.717) is 0 Å². The van der Waals surface area contributed by atoms with Gasteiger partial charge in [0.05, 0.1) is 18.4 Å². The molecule has 5 heteroatoms. The number of hydrogen-bond donors (Lipinski definition) is 1. The summed E-state index contributed by atoms with van der Waals surface area (Å²) in [4.78, 5) is 11.1. The van der Waals surface area contributed by atoms with Gasteiger partial charge in [-0.2, -0.15) is 0 Å². The molecule has 0 saturated heterocycles. The average Bonchev–Trinajstić information content (AvgIpc) is 2.20. The van der Waals surface area contributed by atoms with E-state index in [1.165, 1.54) is 25.3 Å². The maximum absolute atomic E-state index is 11.9. The molecule has 1 aromatic rings. The van der Waals surface area contributed by atoms with Crippen LogP contribution in [-0.4, -0.2) is 19.9 Å². The average molecular weight is 199 g/mol. The van der Waals surface area contributed by atoms with Gasteiger partial charge in [0.2, 0.25) is 6.86 Å². The van der Waals surface area contributed by atoms with E-state index in [2.05, 4.69) is 9.47 Å². The molecule has 0 heterocycles. The van der Waals surface area contributed by atoms with Crippen molar-refractivity contribution < 1.29 is 18.7 Å². The van der Waals surface area contributed by atoms with Crippen molar-refractivity contribution in [3.8, 4) is 5.75 Å². The van der Waals surface area contributed by atoms with E-state index in [9.17, 15) is 9.18 Å². The first-order valence-electron chi connectivity index (χ1n) is 3.86. The molecule has 4 nitrogen and oxygen atoms in total. The first-order valence-corrected chi connectivity index (χ1v) is 3.86. The third-order valence-corrected chi connectivity index (χ3v) is 1.68. The number of nitrogens with two attached hydrogens (primary N) is 1. The Kier molecular flexibility index (Phi) is 3.28. The second kappa shape index (κ2) is 4.45. The molecule has 0 amide bonds. The lowest BCUT2D eigenvalue weighted by Gasteiger charge is -2.08.